The van der Waals surface area contributed by atoms with Crippen LogP contribution >= 0.6 is 0 Å². The smallest absolute Gasteiger partial charge is 0.118 e. The minimum Gasteiger partial charge on any atom is -0.497 e. The lowest BCUT2D eigenvalue weighted by atomic mass is 10.1. The minimum absolute atomic E-state index is 0.626. The Morgan fingerprint density at radius 3 is 2.47 bits per heavy atom. The van der Waals surface area contributed by atoms with Crippen molar-refractivity contribution in [2.75, 3.05) is 7.11 Å². The molecule has 0 aliphatic carbocycles. The first-order chi connectivity index (χ1) is 9.26. The Bertz CT molecular complexity index is 365. The molecule has 2 nitrogen and oxygen atoms in total. The third-order valence-corrected chi connectivity index (χ3v) is 3.12. The van der Waals surface area contributed by atoms with Crippen molar-refractivity contribution in [1.29, 1.82) is 0 Å². The fourth-order valence-electron chi connectivity index (χ4n) is 1.85. The SMILES string of the molecule is CCCCCC/C=C(/C)OCc1ccc(OC)cc1. The van der Waals surface area contributed by atoms with Crippen molar-refractivity contribution in [3.05, 3.63) is 41.7 Å². The molecule has 1 rings (SSSR count). The number of rotatable bonds is 9. The number of hydrogen-bond donors (Lipinski definition) is 0. The maximum absolute atomic E-state index is 5.73. The standard InChI is InChI=1S/C17H26O2/c1-4-5-6-7-8-9-15(2)19-14-16-10-12-17(18-3)13-11-16/h9-13H,4-8,14H2,1-3H3/b15-9-. The van der Waals surface area contributed by atoms with Gasteiger partial charge in [0.1, 0.15) is 12.4 Å². The van der Waals surface area contributed by atoms with Gasteiger partial charge in [0.05, 0.1) is 12.9 Å². The molecule has 0 radical (unpaired) electrons. The lowest BCUT2D eigenvalue weighted by Crippen LogP contribution is -1.91. The highest BCUT2D eigenvalue weighted by molar-refractivity contribution is 5.26. The molecule has 0 amide bonds. The minimum atomic E-state index is 0.626. The van der Waals surface area contributed by atoms with Crippen molar-refractivity contribution in [2.24, 2.45) is 0 Å². The molecule has 0 saturated carbocycles. The van der Waals surface area contributed by atoms with Crippen LogP contribution in [0.15, 0.2) is 36.1 Å². The average molecular weight is 262 g/mol. The summed E-state index contributed by atoms with van der Waals surface area (Å²) in [5, 5.41) is 0. The van der Waals surface area contributed by atoms with E-state index in [2.05, 4.69) is 13.0 Å². The van der Waals surface area contributed by atoms with Crippen LogP contribution in [0.3, 0.4) is 0 Å². The molecule has 0 aliphatic rings. The van der Waals surface area contributed by atoms with E-state index in [1.54, 1.807) is 7.11 Å². The molecule has 0 atom stereocenters. The lowest BCUT2D eigenvalue weighted by Gasteiger charge is -2.07. The van der Waals surface area contributed by atoms with E-state index in [0.717, 1.165) is 17.9 Å². The normalized spacial score (nSPS) is 11.4. The number of hydrogen-bond acceptors (Lipinski definition) is 2. The number of allylic oxidation sites excluding steroid dienone is 2. The Morgan fingerprint density at radius 1 is 1.11 bits per heavy atom. The molecule has 0 saturated heterocycles. The van der Waals surface area contributed by atoms with Gasteiger partial charge in [-0.1, -0.05) is 38.3 Å². The van der Waals surface area contributed by atoms with Crippen molar-refractivity contribution in [3.63, 3.8) is 0 Å². The highest BCUT2D eigenvalue weighted by Gasteiger charge is 1.96. The van der Waals surface area contributed by atoms with Crippen LogP contribution in [0.2, 0.25) is 0 Å². The first-order valence-corrected chi connectivity index (χ1v) is 7.18. The number of ether oxygens (including phenoxy) is 2. The van der Waals surface area contributed by atoms with Gasteiger partial charge in [-0.15, -0.1) is 0 Å². The molecular weight excluding hydrogens is 236 g/mol. The first-order valence-electron chi connectivity index (χ1n) is 7.18. The van der Waals surface area contributed by atoms with Gasteiger partial charge >= 0.3 is 0 Å². The predicted octanol–water partition coefficient (Wildman–Crippen LogP) is 5.09. The fourth-order valence-corrected chi connectivity index (χ4v) is 1.85. The molecule has 0 unspecified atom stereocenters. The van der Waals surface area contributed by atoms with Gasteiger partial charge in [0.25, 0.3) is 0 Å². The summed E-state index contributed by atoms with van der Waals surface area (Å²) in [5.74, 6) is 1.90. The van der Waals surface area contributed by atoms with Crippen LogP contribution in [0.4, 0.5) is 0 Å². The zero-order chi connectivity index (χ0) is 13.9. The topological polar surface area (TPSA) is 18.5 Å². The molecular formula is C17H26O2. The van der Waals surface area contributed by atoms with Crippen LogP contribution in [0.1, 0.15) is 51.5 Å². The first kappa shape index (κ1) is 15.6. The molecule has 0 aliphatic heterocycles. The maximum atomic E-state index is 5.73. The second kappa shape index (κ2) is 9.48. The number of unbranched alkanes of at least 4 members (excludes halogenated alkanes) is 4. The van der Waals surface area contributed by atoms with Crippen LogP contribution in [-0.4, -0.2) is 7.11 Å². The molecule has 0 heterocycles. The van der Waals surface area contributed by atoms with E-state index in [1.165, 1.54) is 31.2 Å². The highest BCUT2D eigenvalue weighted by Crippen LogP contribution is 2.13. The van der Waals surface area contributed by atoms with Crippen LogP contribution in [0, 0.1) is 0 Å². The van der Waals surface area contributed by atoms with Crippen LogP contribution < -0.4 is 4.74 Å². The molecule has 1 aromatic carbocycles. The van der Waals surface area contributed by atoms with E-state index in [1.807, 2.05) is 31.2 Å². The van der Waals surface area contributed by atoms with Gasteiger partial charge in [-0.05, 0) is 43.5 Å². The summed E-state index contributed by atoms with van der Waals surface area (Å²) in [4.78, 5) is 0. The summed E-state index contributed by atoms with van der Waals surface area (Å²) in [6, 6.07) is 7.99. The van der Waals surface area contributed by atoms with Gasteiger partial charge in [0.2, 0.25) is 0 Å². The molecule has 1 aromatic rings. The van der Waals surface area contributed by atoms with Crippen LogP contribution in [0.5, 0.6) is 5.75 Å². The van der Waals surface area contributed by atoms with Crippen molar-refractivity contribution in [1.82, 2.24) is 0 Å². The summed E-state index contributed by atoms with van der Waals surface area (Å²) in [5.41, 5.74) is 1.17. The third-order valence-electron chi connectivity index (χ3n) is 3.12. The van der Waals surface area contributed by atoms with E-state index >= 15 is 0 Å². The van der Waals surface area contributed by atoms with E-state index < -0.39 is 0 Å². The van der Waals surface area contributed by atoms with Gasteiger partial charge in [0, 0.05) is 0 Å². The van der Waals surface area contributed by atoms with E-state index in [0.29, 0.717) is 6.61 Å². The van der Waals surface area contributed by atoms with Crippen molar-refractivity contribution in [3.8, 4) is 5.75 Å². The van der Waals surface area contributed by atoms with E-state index in [9.17, 15) is 0 Å². The monoisotopic (exact) mass is 262 g/mol. The maximum Gasteiger partial charge on any atom is 0.118 e. The Kier molecular flexibility index (Phi) is 7.80. The number of methoxy groups -OCH3 is 1. The van der Waals surface area contributed by atoms with Gasteiger partial charge in [-0.3, -0.25) is 0 Å². The molecule has 0 fully saturated rings. The van der Waals surface area contributed by atoms with Crippen LogP contribution in [-0.2, 0) is 11.3 Å². The number of benzene rings is 1. The van der Waals surface area contributed by atoms with Gasteiger partial charge in [-0.2, -0.15) is 0 Å². The average Bonchev–Trinajstić information content (AvgIpc) is 2.45. The van der Waals surface area contributed by atoms with Crippen molar-refractivity contribution < 1.29 is 9.47 Å². The lowest BCUT2D eigenvalue weighted by molar-refractivity contribution is 0.199. The van der Waals surface area contributed by atoms with Crippen LogP contribution in [0.25, 0.3) is 0 Å². The van der Waals surface area contributed by atoms with E-state index in [-0.39, 0.29) is 0 Å². The molecule has 2 heteroatoms. The Hall–Kier alpha value is -1.44. The molecule has 0 aromatic heterocycles. The molecule has 0 spiro atoms. The second-order valence-corrected chi connectivity index (χ2v) is 4.80. The molecule has 106 valence electrons. The Morgan fingerprint density at radius 2 is 1.84 bits per heavy atom. The molecule has 0 bridgehead atoms. The zero-order valence-electron chi connectivity index (χ0n) is 12.4. The summed E-state index contributed by atoms with van der Waals surface area (Å²) >= 11 is 0. The van der Waals surface area contributed by atoms with E-state index in [4.69, 9.17) is 9.47 Å². The summed E-state index contributed by atoms with van der Waals surface area (Å²) in [6.07, 6.45) is 8.51. The summed E-state index contributed by atoms with van der Waals surface area (Å²) in [6.45, 7) is 4.89. The quantitative estimate of drug-likeness (QED) is 0.456. The Balaban J connectivity index is 2.24. The highest BCUT2D eigenvalue weighted by atomic mass is 16.5. The summed E-state index contributed by atoms with van der Waals surface area (Å²) in [7, 11) is 1.68. The third kappa shape index (κ3) is 6.90. The zero-order valence-corrected chi connectivity index (χ0v) is 12.4. The fraction of sp³-hybridized carbons (Fsp3) is 0.529. The predicted molar refractivity (Wildman–Crippen MR) is 80.3 cm³/mol. The molecule has 0 N–H and O–H groups in total. The molecule has 19 heavy (non-hydrogen) atoms. The Labute approximate surface area is 117 Å². The summed E-state index contributed by atoms with van der Waals surface area (Å²) < 4.78 is 10.9. The van der Waals surface area contributed by atoms with Gasteiger partial charge in [0.15, 0.2) is 0 Å². The second-order valence-electron chi connectivity index (χ2n) is 4.80. The van der Waals surface area contributed by atoms with Crippen molar-refractivity contribution in [2.45, 2.75) is 52.6 Å². The van der Waals surface area contributed by atoms with Crippen molar-refractivity contribution >= 4 is 0 Å². The largest absolute Gasteiger partial charge is 0.497 e. The van der Waals surface area contributed by atoms with Gasteiger partial charge in [-0.25, -0.2) is 0 Å². The van der Waals surface area contributed by atoms with Gasteiger partial charge < -0.3 is 9.47 Å².